The third kappa shape index (κ3) is 11.3. The van der Waals surface area contributed by atoms with Crippen molar-refractivity contribution in [3.63, 3.8) is 0 Å². The Balaban J connectivity index is 0.000000985. The number of imidazole rings is 1. The van der Waals surface area contributed by atoms with Crippen LogP contribution in [0.5, 0.6) is 11.5 Å². The number of carbonyl (C=O) groups is 3. The molecule has 1 fully saturated rings. The highest BCUT2D eigenvalue weighted by Gasteiger charge is 2.51. The molecule has 17 heteroatoms. The largest absolute Gasteiger partial charge is 0.497 e. The van der Waals surface area contributed by atoms with E-state index in [0.29, 0.717) is 11.5 Å². The van der Waals surface area contributed by atoms with Gasteiger partial charge < -0.3 is 38.4 Å². The van der Waals surface area contributed by atoms with Gasteiger partial charge in [0.2, 0.25) is 11.9 Å². The minimum absolute atomic E-state index is 0.0391. The fourth-order valence-electron chi connectivity index (χ4n) is 7.26. The van der Waals surface area contributed by atoms with Gasteiger partial charge in [-0.3, -0.25) is 34.0 Å². The summed E-state index contributed by atoms with van der Waals surface area (Å²) < 4.78 is 38.0. The van der Waals surface area contributed by atoms with Crippen molar-refractivity contribution < 1.29 is 47.9 Å². The van der Waals surface area contributed by atoms with E-state index in [9.17, 15) is 24.3 Å². The van der Waals surface area contributed by atoms with Crippen molar-refractivity contribution in [1.82, 2.24) is 24.4 Å². The first-order valence-corrected chi connectivity index (χ1v) is 20.9. The molecule has 63 heavy (non-hydrogen) atoms. The van der Waals surface area contributed by atoms with E-state index in [1.165, 1.54) is 37.6 Å². The summed E-state index contributed by atoms with van der Waals surface area (Å²) in [4.78, 5) is 63.7. The number of carbonyl (C=O) groups excluding carboxylic acids is 2. The Kier molecular flexibility index (Phi) is 16.9. The number of aliphatic carboxylic acids is 1. The van der Waals surface area contributed by atoms with Crippen LogP contribution in [0.3, 0.4) is 0 Å². The number of amides is 1. The van der Waals surface area contributed by atoms with Crippen LogP contribution in [0.2, 0.25) is 0 Å². The first-order chi connectivity index (χ1) is 30.3. The molecule has 1 saturated heterocycles. The van der Waals surface area contributed by atoms with Crippen LogP contribution in [0.15, 0.2) is 90.0 Å². The van der Waals surface area contributed by atoms with Crippen molar-refractivity contribution in [3.8, 4) is 11.5 Å². The van der Waals surface area contributed by atoms with Crippen LogP contribution in [0.25, 0.3) is 11.2 Å². The normalized spacial score (nSPS) is 17.3. The molecule has 338 valence electrons. The highest BCUT2D eigenvalue weighted by Crippen LogP contribution is 2.43. The van der Waals surface area contributed by atoms with E-state index in [-0.39, 0.29) is 29.6 Å². The Morgan fingerprint density at radius 3 is 1.92 bits per heavy atom. The molecule has 17 nitrogen and oxygen atoms in total. The van der Waals surface area contributed by atoms with Gasteiger partial charge in [-0.25, -0.2) is 4.98 Å². The lowest BCUT2D eigenvalue weighted by Crippen LogP contribution is -2.42. The Morgan fingerprint density at radius 1 is 0.857 bits per heavy atom. The van der Waals surface area contributed by atoms with Crippen LogP contribution in [-0.2, 0) is 38.9 Å². The Hall–Kier alpha value is -6.14. The number of H-pyrrole nitrogens is 1. The molecule has 1 aliphatic rings. The Labute approximate surface area is 366 Å². The average Bonchev–Trinajstić information content (AvgIpc) is 3.88. The minimum atomic E-state index is -1.28. The average molecular weight is 871 g/mol. The molecule has 0 unspecified atom stereocenters. The predicted octanol–water partition coefficient (Wildman–Crippen LogP) is 5.78. The van der Waals surface area contributed by atoms with Crippen molar-refractivity contribution in [1.29, 1.82) is 0 Å². The van der Waals surface area contributed by atoms with Gasteiger partial charge in [-0.2, -0.15) is 4.98 Å². The lowest BCUT2D eigenvalue weighted by molar-refractivity contribution is -0.161. The number of ether oxygens (including phenoxy) is 6. The number of aromatic nitrogens is 4. The molecule has 0 bridgehead atoms. The number of nitrogens with one attached hydrogen (secondary N) is 2. The summed E-state index contributed by atoms with van der Waals surface area (Å²) in [7, 11) is 4.56. The highest BCUT2D eigenvalue weighted by atomic mass is 16.6. The maximum absolute atomic E-state index is 13.2. The molecule has 1 amide bonds. The minimum Gasteiger partial charge on any atom is -0.497 e. The van der Waals surface area contributed by atoms with E-state index in [0.717, 1.165) is 16.7 Å². The number of methoxy groups -OCH3 is 3. The molecule has 5 aromatic rings. The lowest BCUT2D eigenvalue weighted by atomic mass is 9.80. The number of carboxylic acids is 1. The number of nitrogens with zero attached hydrogens (tertiary/aromatic N) is 4. The summed E-state index contributed by atoms with van der Waals surface area (Å²) in [5.41, 5.74) is 0.383. The predicted molar refractivity (Wildman–Crippen MR) is 235 cm³/mol. The van der Waals surface area contributed by atoms with E-state index in [2.05, 4.69) is 45.9 Å². The van der Waals surface area contributed by atoms with Crippen molar-refractivity contribution in [2.75, 3.05) is 52.9 Å². The van der Waals surface area contributed by atoms with E-state index >= 15 is 0 Å². The molecule has 0 saturated carbocycles. The highest BCUT2D eigenvalue weighted by molar-refractivity contribution is 5.91. The number of esters is 1. The fourth-order valence-corrected chi connectivity index (χ4v) is 7.26. The number of carboxylic acid groups (broad SMARTS) is 1. The van der Waals surface area contributed by atoms with Crippen LogP contribution < -0.4 is 20.3 Å². The summed E-state index contributed by atoms with van der Waals surface area (Å²) in [5, 5.41) is 11.9. The Morgan fingerprint density at radius 2 is 1.43 bits per heavy atom. The molecule has 3 N–H and O–H groups in total. The van der Waals surface area contributed by atoms with Crippen LogP contribution in [0, 0.1) is 5.92 Å². The SMILES string of the molecule is CCN(CC)CC.COc1ccc(C(OC[C@H]2O[C@@H](n3cnc4c(=O)[nH]c(NC(=O)C(C)C)nc43)[C@H](OC)[C@@H]2OC(=O)CCC(=O)O)(c2ccccc2)c2ccc(OC)cc2)cc1. The fraction of sp³-hybridized carbons (Fsp3) is 0.435. The molecule has 6 rings (SSSR count). The summed E-state index contributed by atoms with van der Waals surface area (Å²) in [6, 6.07) is 24.4. The molecule has 4 atom stereocenters. The first kappa shape index (κ1) is 47.9. The van der Waals surface area contributed by atoms with E-state index in [4.69, 9.17) is 28.4 Å². The molecule has 0 spiro atoms. The van der Waals surface area contributed by atoms with Gasteiger partial charge in [-0.1, -0.05) is 89.2 Å². The van der Waals surface area contributed by atoms with Gasteiger partial charge in [-0.15, -0.1) is 0 Å². The number of benzene rings is 3. The zero-order valence-electron chi connectivity index (χ0n) is 37.0. The van der Waals surface area contributed by atoms with Gasteiger partial charge in [-0.05, 0) is 60.6 Å². The van der Waals surface area contributed by atoms with E-state index in [1.807, 2.05) is 78.9 Å². The van der Waals surface area contributed by atoms with Gasteiger partial charge >= 0.3 is 11.9 Å². The monoisotopic (exact) mass is 870 g/mol. The summed E-state index contributed by atoms with van der Waals surface area (Å²) in [6.07, 6.45) is -3.82. The van der Waals surface area contributed by atoms with Crippen LogP contribution in [-0.4, -0.2) is 113 Å². The standard InChI is InChI=1S/C40H43N5O11.C6H15N/c1-23(2)36(49)43-39-42-35-32(37(50)44-39)41-22-45(35)38-34(53-5)33(56-31(48)20-19-30(46)47)29(55-38)21-54-40(24-9-7-6-8-10-24,25-11-15-27(51-3)16-12-25)26-13-17-28(52-4)18-14-26;1-4-7(5-2)6-3/h6-18,22-23,29,33-34,38H,19-21H2,1-5H3,(H,46,47)(H2,42,43,44,49,50);4-6H2,1-3H3/t29-,33-,34-,38-;/m1./s1. The summed E-state index contributed by atoms with van der Waals surface area (Å²) in [5.74, 6) is -1.56. The second-order valence-electron chi connectivity index (χ2n) is 14.9. The molecule has 3 aromatic carbocycles. The maximum Gasteiger partial charge on any atom is 0.306 e. The molecule has 0 radical (unpaired) electrons. The molecular weight excluding hydrogens is 813 g/mol. The van der Waals surface area contributed by atoms with Crippen LogP contribution in [0.4, 0.5) is 5.95 Å². The van der Waals surface area contributed by atoms with Crippen molar-refractivity contribution in [2.24, 2.45) is 5.92 Å². The lowest BCUT2D eigenvalue weighted by Gasteiger charge is -2.37. The third-order valence-corrected chi connectivity index (χ3v) is 10.8. The van der Waals surface area contributed by atoms with Crippen molar-refractivity contribution in [2.45, 2.75) is 77.6 Å². The second kappa shape index (κ2) is 22.3. The van der Waals surface area contributed by atoms with Crippen molar-refractivity contribution >= 4 is 35.0 Å². The van der Waals surface area contributed by atoms with Gasteiger partial charge in [0.05, 0.1) is 40.0 Å². The number of hydrogen-bond donors (Lipinski definition) is 3. The van der Waals surface area contributed by atoms with E-state index < -0.39 is 66.4 Å². The number of hydrogen-bond acceptors (Lipinski definition) is 13. The zero-order chi connectivity index (χ0) is 45.7. The number of anilines is 1. The molecular formula is C46H58N6O11. The molecule has 0 aliphatic carbocycles. The smallest absolute Gasteiger partial charge is 0.306 e. The topological polar surface area (TPSA) is 206 Å². The zero-order valence-corrected chi connectivity index (χ0v) is 37.0. The number of aromatic amines is 1. The summed E-state index contributed by atoms with van der Waals surface area (Å²) >= 11 is 0. The van der Waals surface area contributed by atoms with Gasteiger partial charge in [0.1, 0.15) is 29.3 Å². The van der Waals surface area contributed by atoms with Crippen LogP contribution >= 0.6 is 0 Å². The molecule has 1 aliphatic heterocycles. The quantitative estimate of drug-likeness (QED) is 0.0665. The van der Waals surface area contributed by atoms with Gasteiger partial charge in [0, 0.05) is 13.0 Å². The van der Waals surface area contributed by atoms with Crippen LogP contribution in [0.1, 0.15) is 70.4 Å². The maximum atomic E-state index is 13.2. The first-order valence-electron chi connectivity index (χ1n) is 20.9. The van der Waals surface area contributed by atoms with Gasteiger partial charge in [0.15, 0.2) is 23.5 Å². The second-order valence-corrected chi connectivity index (χ2v) is 14.9. The van der Waals surface area contributed by atoms with E-state index in [1.54, 1.807) is 28.1 Å². The van der Waals surface area contributed by atoms with Gasteiger partial charge in [0.25, 0.3) is 5.56 Å². The number of rotatable bonds is 19. The van der Waals surface area contributed by atoms with Crippen molar-refractivity contribution in [3.05, 3.63) is 112 Å². The molecule has 2 aromatic heterocycles. The Bertz CT molecular complexity index is 2260. The summed E-state index contributed by atoms with van der Waals surface area (Å²) in [6.45, 7) is 13.3. The number of fused-ring (bicyclic) bond motifs is 1. The third-order valence-electron chi connectivity index (χ3n) is 10.8. The molecule has 3 heterocycles.